The maximum atomic E-state index is 11.8. The summed E-state index contributed by atoms with van der Waals surface area (Å²) in [4.78, 5) is 16.1. The first-order valence-corrected chi connectivity index (χ1v) is 7.55. The largest absolute Gasteiger partial charge is 0.396 e. The third-order valence-electron chi connectivity index (χ3n) is 2.52. The molecule has 2 aromatic rings. The van der Waals surface area contributed by atoms with Crippen LogP contribution in [0.3, 0.4) is 0 Å². The third-order valence-corrected chi connectivity index (χ3v) is 4.15. The van der Waals surface area contributed by atoms with Gasteiger partial charge in [-0.1, -0.05) is 29.3 Å². The van der Waals surface area contributed by atoms with Crippen LogP contribution >= 0.6 is 34.5 Å². The number of nitrogens with one attached hydrogen (secondary N) is 1. The van der Waals surface area contributed by atoms with E-state index in [-0.39, 0.29) is 12.5 Å². The second-order valence-corrected chi connectivity index (χ2v) is 5.67. The van der Waals surface area contributed by atoms with Crippen molar-refractivity contribution in [2.75, 3.05) is 13.2 Å². The van der Waals surface area contributed by atoms with Gasteiger partial charge in [0.05, 0.1) is 10.0 Å². The lowest BCUT2D eigenvalue weighted by molar-refractivity contribution is 0.0947. The van der Waals surface area contributed by atoms with E-state index in [4.69, 9.17) is 28.3 Å². The van der Waals surface area contributed by atoms with Crippen molar-refractivity contribution in [3.8, 4) is 10.6 Å². The van der Waals surface area contributed by atoms with E-state index < -0.39 is 0 Å². The molecule has 106 valence electrons. The predicted octanol–water partition coefficient (Wildman–Crippen LogP) is 3.23. The minimum atomic E-state index is -0.249. The zero-order valence-electron chi connectivity index (χ0n) is 10.4. The molecule has 4 nitrogen and oxygen atoms in total. The summed E-state index contributed by atoms with van der Waals surface area (Å²) < 4.78 is 0. The summed E-state index contributed by atoms with van der Waals surface area (Å²) in [5, 5.41) is 14.7. The number of halogens is 2. The van der Waals surface area contributed by atoms with E-state index in [2.05, 4.69) is 10.3 Å². The van der Waals surface area contributed by atoms with Gasteiger partial charge in [-0.25, -0.2) is 4.98 Å². The second-order valence-electron chi connectivity index (χ2n) is 4.00. The first-order valence-electron chi connectivity index (χ1n) is 5.92. The molecule has 1 heterocycles. The van der Waals surface area contributed by atoms with E-state index in [0.717, 1.165) is 5.56 Å². The van der Waals surface area contributed by atoms with Crippen molar-refractivity contribution >= 4 is 40.4 Å². The number of rotatable bonds is 5. The molecule has 1 aromatic carbocycles. The Balaban J connectivity index is 2.12. The Hall–Kier alpha value is -1.14. The van der Waals surface area contributed by atoms with Gasteiger partial charge < -0.3 is 10.4 Å². The van der Waals surface area contributed by atoms with E-state index in [1.165, 1.54) is 11.3 Å². The number of aliphatic hydroxyl groups is 1. The van der Waals surface area contributed by atoms with Crippen LogP contribution in [0.5, 0.6) is 0 Å². The first kappa shape index (κ1) is 15.3. The van der Waals surface area contributed by atoms with E-state index in [0.29, 0.717) is 33.7 Å². The Morgan fingerprint density at radius 3 is 2.85 bits per heavy atom. The molecule has 20 heavy (non-hydrogen) atoms. The lowest BCUT2D eigenvalue weighted by Gasteiger charge is -2.01. The quantitative estimate of drug-likeness (QED) is 0.827. The van der Waals surface area contributed by atoms with Gasteiger partial charge in [-0.05, 0) is 18.6 Å². The van der Waals surface area contributed by atoms with Crippen molar-refractivity contribution < 1.29 is 9.90 Å². The van der Waals surface area contributed by atoms with Crippen LogP contribution in [-0.2, 0) is 0 Å². The number of hydrogen-bond acceptors (Lipinski definition) is 4. The molecule has 7 heteroatoms. The SMILES string of the molecule is O=C(NCCCO)c1csc(-c2ccc(Cl)c(Cl)c2)n1. The molecular weight excluding hydrogens is 319 g/mol. The molecule has 0 aliphatic carbocycles. The lowest BCUT2D eigenvalue weighted by atomic mass is 10.2. The fourth-order valence-electron chi connectivity index (χ4n) is 1.51. The van der Waals surface area contributed by atoms with Gasteiger partial charge in [0.25, 0.3) is 5.91 Å². The molecule has 0 radical (unpaired) electrons. The molecule has 0 bridgehead atoms. The zero-order valence-corrected chi connectivity index (χ0v) is 12.7. The molecule has 0 atom stereocenters. The van der Waals surface area contributed by atoms with Gasteiger partial charge in [0, 0.05) is 24.1 Å². The fourth-order valence-corrected chi connectivity index (χ4v) is 2.61. The Morgan fingerprint density at radius 2 is 2.15 bits per heavy atom. The number of carbonyl (C=O) groups excluding carboxylic acids is 1. The minimum absolute atomic E-state index is 0.0475. The van der Waals surface area contributed by atoms with Crippen molar-refractivity contribution in [3.05, 3.63) is 39.3 Å². The lowest BCUT2D eigenvalue weighted by Crippen LogP contribution is -2.25. The van der Waals surface area contributed by atoms with Gasteiger partial charge in [-0.15, -0.1) is 11.3 Å². The maximum Gasteiger partial charge on any atom is 0.270 e. The average molecular weight is 331 g/mol. The number of thiazole rings is 1. The van der Waals surface area contributed by atoms with Gasteiger partial charge in [-0.2, -0.15) is 0 Å². The molecule has 1 aromatic heterocycles. The van der Waals surface area contributed by atoms with Crippen LogP contribution in [0.15, 0.2) is 23.6 Å². The number of hydrogen-bond donors (Lipinski definition) is 2. The van der Waals surface area contributed by atoms with Gasteiger partial charge in [0.15, 0.2) is 0 Å². The highest BCUT2D eigenvalue weighted by molar-refractivity contribution is 7.13. The zero-order chi connectivity index (χ0) is 14.5. The Labute approximate surface area is 130 Å². The number of nitrogens with zero attached hydrogens (tertiary/aromatic N) is 1. The Bertz CT molecular complexity index is 616. The summed E-state index contributed by atoms with van der Waals surface area (Å²) in [6, 6.07) is 5.22. The summed E-state index contributed by atoms with van der Waals surface area (Å²) in [5.74, 6) is -0.249. The molecule has 2 rings (SSSR count). The number of benzene rings is 1. The van der Waals surface area contributed by atoms with E-state index in [1.807, 2.05) is 0 Å². The van der Waals surface area contributed by atoms with E-state index in [9.17, 15) is 4.79 Å². The molecule has 2 N–H and O–H groups in total. The molecule has 0 unspecified atom stereocenters. The number of aliphatic hydroxyl groups excluding tert-OH is 1. The van der Waals surface area contributed by atoms with Crippen LogP contribution in [-0.4, -0.2) is 29.1 Å². The summed E-state index contributed by atoms with van der Waals surface area (Å²) in [6.07, 6.45) is 0.523. The van der Waals surface area contributed by atoms with Crippen molar-refractivity contribution in [2.45, 2.75) is 6.42 Å². The maximum absolute atomic E-state index is 11.8. The molecule has 0 spiro atoms. The van der Waals surface area contributed by atoms with Crippen LogP contribution in [0.4, 0.5) is 0 Å². The van der Waals surface area contributed by atoms with Gasteiger partial charge in [0.1, 0.15) is 10.7 Å². The summed E-state index contributed by atoms with van der Waals surface area (Å²) >= 11 is 13.2. The smallest absolute Gasteiger partial charge is 0.270 e. The van der Waals surface area contributed by atoms with E-state index in [1.54, 1.807) is 23.6 Å². The topological polar surface area (TPSA) is 62.2 Å². The number of carbonyl (C=O) groups is 1. The van der Waals surface area contributed by atoms with Crippen molar-refractivity contribution in [2.24, 2.45) is 0 Å². The molecular formula is C13H12Cl2N2O2S. The molecule has 0 aliphatic rings. The molecule has 0 saturated heterocycles. The van der Waals surface area contributed by atoms with Crippen LogP contribution < -0.4 is 5.32 Å². The predicted molar refractivity (Wildman–Crippen MR) is 81.6 cm³/mol. The fraction of sp³-hybridized carbons (Fsp3) is 0.231. The Kier molecular flexibility index (Phi) is 5.37. The van der Waals surface area contributed by atoms with Crippen molar-refractivity contribution in [1.82, 2.24) is 10.3 Å². The molecule has 0 fully saturated rings. The second kappa shape index (κ2) is 7.04. The molecule has 1 amide bonds. The summed E-state index contributed by atoms with van der Waals surface area (Å²) in [6.45, 7) is 0.473. The highest BCUT2D eigenvalue weighted by Crippen LogP contribution is 2.30. The van der Waals surface area contributed by atoms with Crippen LogP contribution in [0.25, 0.3) is 10.6 Å². The highest BCUT2D eigenvalue weighted by atomic mass is 35.5. The van der Waals surface area contributed by atoms with Gasteiger partial charge in [0.2, 0.25) is 0 Å². The standard InChI is InChI=1S/C13H12Cl2N2O2S/c14-9-3-2-8(6-10(9)15)13-17-11(7-20-13)12(19)16-4-1-5-18/h2-3,6-7,18H,1,4-5H2,(H,16,19). The van der Waals surface area contributed by atoms with Crippen molar-refractivity contribution in [1.29, 1.82) is 0 Å². The van der Waals surface area contributed by atoms with Crippen LogP contribution in [0, 0.1) is 0 Å². The monoisotopic (exact) mass is 330 g/mol. The number of amides is 1. The van der Waals surface area contributed by atoms with Crippen molar-refractivity contribution in [3.63, 3.8) is 0 Å². The average Bonchev–Trinajstić information content (AvgIpc) is 2.92. The molecule has 0 saturated carbocycles. The van der Waals surface area contributed by atoms with Gasteiger partial charge >= 0.3 is 0 Å². The third kappa shape index (κ3) is 3.70. The normalized spacial score (nSPS) is 10.6. The molecule has 0 aliphatic heterocycles. The Morgan fingerprint density at radius 1 is 1.35 bits per heavy atom. The van der Waals surface area contributed by atoms with E-state index >= 15 is 0 Å². The highest BCUT2D eigenvalue weighted by Gasteiger charge is 2.12. The summed E-state index contributed by atoms with van der Waals surface area (Å²) in [5.41, 5.74) is 1.17. The van der Waals surface area contributed by atoms with Crippen LogP contribution in [0.1, 0.15) is 16.9 Å². The first-order chi connectivity index (χ1) is 9.61. The van der Waals surface area contributed by atoms with Gasteiger partial charge in [-0.3, -0.25) is 4.79 Å². The van der Waals surface area contributed by atoms with Crippen LogP contribution in [0.2, 0.25) is 10.0 Å². The minimum Gasteiger partial charge on any atom is -0.396 e. The summed E-state index contributed by atoms with van der Waals surface area (Å²) in [7, 11) is 0. The number of aromatic nitrogens is 1.